The minimum absolute atomic E-state index is 0.0434. The number of nitrogens with zero attached hydrogens (tertiary/aromatic N) is 4. The summed E-state index contributed by atoms with van der Waals surface area (Å²) < 4.78 is 31.8. The van der Waals surface area contributed by atoms with Crippen LogP contribution in [0.3, 0.4) is 0 Å². The number of aromatic amines is 1. The van der Waals surface area contributed by atoms with E-state index in [1.807, 2.05) is 62.4 Å². The fourth-order valence-corrected chi connectivity index (χ4v) is 5.52. The average Bonchev–Trinajstić information content (AvgIpc) is 3.33. The smallest absolute Gasteiger partial charge is 0.404 e. The van der Waals surface area contributed by atoms with Gasteiger partial charge < -0.3 is 10.3 Å². The van der Waals surface area contributed by atoms with Crippen LogP contribution in [0.1, 0.15) is 22.6 Å². The van der Waals surface area contributed by atoms with Crippen molar-refractivity contribution in [2.75, 3.05) is 5.73 Å². The van der Waals surface area contributed by atoms with Crippen LogP contribution < -0.4 is 15.8 Å². The zero-order valence-electron chi connectivity index (χ0n) is 22.4. The first-order chi connectivity index (χ1) is 20.0. The summed E-state index contributed by atoms with van der Waals surface area (Å²) in [6.07, 6.45) is 0.149. The Labute approximate surface area is 237 Å². The van der Waals surface area contributed by atoms with Crippen LogP contribution in [0.4, 0.5) is 10.2 Å². The van der Waals surface area contributed by atoms with Crippen molar-refractivity contribution < 1.29 is 23.3 Å². The second kappa shape index (κ2) is 10.2. The summed E-state index contributed by atoms with van der Waals surface area (Å²) >= 11 is 0. The van der Waals surface area contributed by atoms with E-state index in [9.17, 15) is 13.8 Å². The fraction of sp³-hybridized carbons (Fsp3) is 0.103. The minimum atomic E-state index is -4.92. The van der Waals surface area contributed by atoms with E-state index in [2.05, 4.69) is 24.7 Å². The summed E-state index contributed by atoms with van der Waals surface area (Å²) in [5, 5.41) is 8.68. The molecule has 6 aromatic rings. The van der Waals surface area contributed by atoms with Crippen molar-refractivity contribution in [3.63, 3.8) is 0 Å². The number of anilines is 1. The lowest BCUT2D eigenvalue weighted by Crippen LogP contribution is -2.24. The van der Waals surface area contributed by atoms with E-state index in [-0.39, 0.29) is 45.8 Å². The molecule has 5 N–H and O–H groups in total. The SMILES string of the molecule is Cc1ccccc1-n1c(Cc2nc(N)c3c(-c4cc(F)cc(OP(=O)(O)O)c4)[nH]nc3n2)cc2cccc(C)c2c1=O. The van der Waals surface area contributed by atoms with Gasteiger partial charge in [0, 0.05) is 23.7 Å². The first-order valence-corrected chi connectivity index (χ1v) is 14.3. The maximum absolute atomic E-state index is 14.3. The van der Waals surface area contributed by atoms with Gasteiger partial charge in [-0.05, 0) is 54.6 Å². The quantitative estimate of drug-likeness (QED) is 0.202. The molecule has 0 fully saturated rings. The van der Waals surface area contributed by atoms with Crippen LogP contribution in [0.5, 0.6) is 5.75 Å². The molecule has 42 heavy (non-hydrogen) atoms. The van der Waals surface area contributed by atoms with Crippen molar-refractivity contribution in [2.45, 2.75) is 20.3 Å². The molecule has 0 saturated heterocycles. The first kappa shape index (κ1) is 27.3. The van der Waals surface area contributed by atoms with Gasteiger partial charge in [0.05, 0.1) is 22.2 Å². The Morgan fingerprint density at radius 2 is 1.76 bits per heavy atom. The predicted octanol–water partition coefficient (Wildman–Crippen LogP) is 4.72. The number of halogens is 1. The maximum atomic E-state index is 14.3. The van der Waals surface area contributed by atoms with Crippen molar-refractivity contribution in [1.29, 1.82) is 0 Å². The highest BCUT2D eigenvalue weighted by Crippen LogP contribution is 2.40. The van der Waals surface area contributed by atoms with E-state index >= 15 is 0 Å². The number of H-pyrrole nitrogens is 1. The Hall–Kier alpha value is -4.90. The zero-order chi connectivity index (χ0) is 29.8. The molecule has 3 aromatic carbocycles. The number of aryl methyl sites for hydroxylation is 2. The van der Waals surface area contributed by atoms with Crippen molar-refractivity contribution >= 4 is 35.4 Å². The van der Waals surface area contributed by atoms with Gasteiger partial charge in [0.25, 0.3) is 5.56 Å². The van der Waals surface area contributed by atoms with Crippen LogP contribution in [-0.4, -0.2) is 34.5 Å². The first-order valence-electron chi connectivity index (χ1n) is 12.8. The molecule has 0 aliphatic carbocycles. The van der Waals surface area contributed by atoms with E-state index < -0.39 is 13.6 Å². The Balaban J connectivity index is 1.47. The second-order valence-corrected chi connectivity index (χ2v) is 11.0. The van der Waals surface area contributed by atoms with Crippen molar-refractivity contribution in [1.82, 2.24) is 24.7 Å². The number of nitrogens with one attached hydrogen (secondary N) is 1. The van der Waals surface area contributed by atoms with Crippen LogP contribution >= 0.6 is 7.82 Å². The molecular weight excluding hydrogens is 562 g/mol. The Morgan fingerprint density at radius 1 is 1.00 bits per heavy atom. The number of nitrogens with two attached hydrogens (primary N) is 1. The predicted molar refractivity (Wildman–Crippen MR) is 156 cm³/mol. The summed E-state index contributed by atoms with van der Waals surface area (Å²) in [7, 11) is -4.92. The topological polar surface area (TPSA) is 169 Å². The number of hydrogen-bond acceptors (Lipinski definition) is 7. The third-order valence-electron chi connectivity index (χ3n) is 6.90. The fourth-order valence-electron chi connectivity index (χ4n) is 5.14. The Bertz CT molecular complexity index is 2140. The lowest BCUT2D eigenvalue weighted by Gasteiger charge is -2.17. The summed E-state index contributed by atoms with van der Waals surface area (Å²) in [6.45, 7) is 3.83. The molecule has 0 radical (unpaired) electrons. The van der Waals surface area contributed by atoms with Crippen LogP contribution in [-0.2, 0) is 11.0 Å². The summed E-state index contributed by atoms with van der Waals surface area (Å²) in [5.74, 6) is -0.827. The van der Waals surface area contributed by atoms with E-state index in [1.54, 1.807) is 4.57 Å². The highest BCUT2D eigenvalue weighted by molar-refractivity contribution is 7.46. The normalized spacial score (nSPS) is 11.8. The van der Waals surface area contributed by atoms with Gasteiger partial charge in [-0.1, -0.05) is 36.4 Å². The van der Waals surface area contributed by atoms with Gasteiger partial charge in [0.2, 0.25) is 0 Å². The number of fused-ring (bicyclic) bond motifs is 2. The third kappa shape index (κ3) is 5.03. The van der Waals surface area contributed by atoms with Crippen LogP contribution in [0.25, 0.3) is 38.8 Å². The Morgan fingerprint density at radius 3 is 2.52 bits per heavy atom. The van der Waals surface area contributed by atoms with Crippen molar-refractivity contribution in [3.8, 4) is 22.7 Å². The molecule has 0 saturated carbocycles. The number of phosphoric acid groups is 1. The summed E-state index contributed by atoms with van der Waals surface area (Å²) in [6, 6.07) is 18.4. The van der Waals surface area contributed by atoms with Gasteiger partial charge in [-0.3, -0.25) is 24.2 Å². The molecule has 0 unspecified atom stereocenters. The standard InChI is InChI=1S/C29H24FN6O5P/c1-15-6-3-4-9-22(15)36-20(11-17-8-5-7-16(2)24(17)29(36)37)14-23-32-27(31)25-26(34-35-28(25)33-23)18-10-19(30)13-21(12-18)41-42(38,39)40/h3-13H,14H2,1-2H3,(H2,38,39,40)(H3,31,32,33,34,35). The number of aromatic nitrogens is 5. The van der Waals surface area contributed by atoms with Gasteiger partial charge in [0.15, 0.2) is 5.65 Å². The molecule has 3 heterocycles. The molecule has 0 atom stereocenters. The van der Waals surface area contributed by atoms with Gasteiger partial charge in [-0.25, -0.2) is 18.9 Å². The number of phosphoric ester groups is 1. The zero-order valence-corrected chi connectivity index (χ0v) is 23.3. The van der Waals surface area contributed by atoms with Crippen LogP contribution in [0.15, 0.2) is 71.5 Å². The number of para-hydroxylation sites is 1. The molecule has 0 aliphatic heterocycles. The largest absolute Gasteiger partial charge is 0.524 e. The molecule has 0 aliphatic rings. The van der Waals surface area contributed by atoms with E-state index in [0.29, 0.717) is 16.9 Å². The number of benzene rings is 3. The molecule has 0 bridgehead atoms. The second-order valence-electron chi connectivity index (χ2n) is 9.86. The van der Waals surface area contributed by atoms with Crippen molar-refractivity contribution in [2.24, 2.45) is 0 Å². The number of rotatable bonds is 6. The van der Waals surface area contributed by atoms with Crippen LogP contribution in [0, 0.1) is 19.7 Å². The van der Waals surface area contributed by atoms with Gasteiger partial charge in [-0.2, -0.15) is 5.10 Å². The number of hydrogen-bond donors (Lipinski definition) is 4. The molecule has 0 spiro atoms. The monoisotopic (exact) mass is 586 g/mol. The number of nitrogen functional groups attached to an aromatic ring is 1. The van der Waals surface area contributed by atoms with Crippen molar-refractivity contribution in [3.05, 3.63) is 106 Å². The lowest BCUT2D eigenvalue weighted by molar-refractivity contribution is 0.283. The van der Waals surface area contributed by atoms with Gasteiger partial charge in [-0.15, -0.1) is 0 Å². The van der Waals surface area contributed by atoms with E-state index in [1.165, 1.54) is 6.07 Å². The highest BCUT2D eigenvalue weighted by atomic mass is 31.2. The minimum Gasteiger partial charge on any atom is -0.404 e. The highest BCUT2D eigenvalue weighted by Gasteiger charge is 2.21. The van der Waals surface area contributed by atoms with Crippen LogP contribution in [0.2, 0.25) is 0 Å². The number of pyridine rings is 1. The summed E-state index contributed by atoms with van der Waals surface area (Å²) in [5.41, 5.74) is 9.95. The molecular formula is C29H24FN6O5P. The van der Waals surface area contributed by atoms with E-state index in [4.69, 9.17) is 15.5 Å². The lowest BCUT2D eigenvalue weighted by atomic mass is 10.0. The van der Waals surface area contributed by atoms with Gasteiger partial charge >= 0.3 is 7.82 Å². The summed E-state index contributed by atoms with van der Waals surface area (Å²) in [4.78, 5) is 41.2. The molecule has 212 valence electrons. The molecule has 0 amide bonds. The average molecular weight is 587 g/mol. The van der Waals surface area contributed by atoms with E-state index in [0.717, 1.165) is 34.3 Å². The Kier molecular flexibility index (Phi) is 6.61. The molecule has 6 rings (SSSR count). The third-order valence-corrected chi connectivity index (χ3v) is 7.35. The molecule has 3 aromatic heterocycles. The molecule has 11 nitrogen and oxygen atoms in total. The van der Waals surface area contributed by atoms with Gasteiger partial charge in [0.1, 0.15) is 23.2 Å². The maximum Gasteiger partial charge on any atom is 0.524 e. The molecule has 13 heteroatoms.